The molecule has 0 aromatic heterocycles. The maximum atomic E-state index is 5.78. The van der Waals surface area contributed by atoms with E-state index >= 15 is 0 Å². The summed E-state index contributed by atoms with van der Waals surface area (Å²) in [5.41, 5.74) is 2.34. The van der Waals surface area contributed by atoms with Crippen LogP contribution in [0.3, 0.4) is 0 Å². The second kappa shape index (κ2) is 10.9. The average Bonchev–Trinajstić information content (AvgIpc) is 2.79. The minimum absolute atomic E-state index is 0.672. The van der Waals surface area contributed by atoms with Crippen LogP contribution in [0.2, 0.25) is 0 Å². The summed E-state index contributed by atoms with van der Waals surface area (Å²) >= 11 is 5.63. The summed E-state index contributed by atoms with van der Waals surface area (Å²) in [4.78, 5) is 4.61. The Hall–Kier alpha value is -2.67. The van der Waals surface area contributed by atoms with Crippen molar-refractivity contribution in [3.05, 3.63) is 48.0 Å². The van der Waals surface area contributed by atoms with Gasteiger partial charge in [0, 0.05) is 32.7 Å². The van der Waals surface area contributed by atoms with Gasteiger partial charge in [-0.15, -0.1) is 0 Å². The van der Waals surface area contributed by atoms with Crippen molar-refractivity contribution in [2.75, 3.05) is 58.5 Å². The minimum atomic E-state index is 0.672. The Bertz CT molecular complexity index is 838. The fraction of sp³-hybridized carbons (Fsp3) is 0.435. The molecule has 2 aromatic carbocycles. The number of rotatable bonds is 8. The second-order valence-electron chi connectivity index (χ2n) is 7.05. The summed E-state index contributed by atoms with van der Waals surface area (Å²) < 4.78 is 16.5. The molecule has 162 valence electrons. The number of hydrogen-bond acceptors (Lipinski definition) is 5. The molecule has 2 aromatic rings. The molecule has 0 radical (unpaired) electrons. The minimum Gasteiger partial charge on any atom is -0.493 e. The van der Waals surface area contributed by atoms with Crippen LogP contribution in [-0.4, -0.2) is 63.6 Å². The SMILES string of the molecule is CCOc1ccccc1N1CCN(C(=S)NCCc2ccc(OC)c(OC)c2)CC1. The van der Waals surface area contributed by atoms with Gasteiger partial charge in [-0.05, 0) is 55.4 Å². The number of methoxy groups -OCH3 is 2. The molecule has 0 spiro atoms. The van der Waals surface area contributed by atoms with Gasteiger partial charge < -0.3 is 29.3 Å². The van der Waals surface area contributed by atoms with Gasteiger partial charge in [0.05, 0.1) is 26.5 Å². The third kappa shape index (κ3) is 5.48. The first kappa shape index (κ1) is 22.0. The molecule has 30 heavy (non-hydrogen) atoms. The highest BCUT2D eigenvalue weighted by Crippen LogP contribution is 2.29. The highest BCUT2D eigenvalue weighted by molar-refractivity contribution is 7.80. The number of nitrogens with one attached hydrogen (secondary N) is 1. The van der Waals surface area contributed by atoms with Gasteiger partial charge in [-0.2, -0.15) is 0 Å². The zero-order valence-corrected chi connectivity index (χ0v) is 18.8. The predicted molar refractivity (Wildman–Crippen MR) is 125 cm³/mol. The predicted octanol–water partition coefficient (Wildman–Crippen LogP) is 3.34. The van der Waals surface area contributed by atoms with Crippen LogP contribution in [0.5, 0.6) is 17.2 Å². The quantitative estimate of drug-likeness (QED) is 0.646. The van der Waals surface area contributed by atoms with Gasteiger partial charge in [-0.1, -0.05) is 18.2 Å². The Labute approximate surface area is 184 Å². The van der Waals surface area contributed by atoms with Crippen LogP contribution >= 0.6 is 12.2 Å². The van der Waals surface area contributed by atoms with Crippen molar-refractivity contribution in [2.45, 2.75) is 13.3 Å². The Morgan fingerprint density at radius 1 is 0.967 bits per heavy atom. The zero-order chi connectivity index (χ0) is 21.3. The van der Waals surface area contributed by atoms with E-state index in [9.17, 15) is 0 Å². The lowest BCUT2D eigenvalue weighted by Crippen LogP contribution is -2.52. The van der Waals surface area contributed by atoms with Crippen molar-refractivity contribution in [1.29, 1.82) is 0 Å². The second-order valence-corrected chi connectivity index (χ2v) is 7.43. The first-order valence-electron chi connectivity index (χ1n) is 10.4. The van der Waals surface area contributed by atoms with E-state index in [0.717, 1.165) is 67.2 Å². The highest BCUT2D eigenvalue weighted by atomic mass is 32.1. The molecule has 0 bridgehead atoms. The third-order valence-electron chi connectivity index (χ3n) is 5.21. The molecular weight excluding hydrogens is 398 g/mol. The van der Waals surface area contributed by atoms with Crippen molar-refractivity contribution < 1.29 is 14.2 Å². The van der Waals surface area contributed by atoms with Crippen LogP contribution in [0.1, 0.15) is 12.5 Å². The lowest BCUT2D eigenvalue weighted by atomic mass is 10.1. The average molecular weight is 430 g/mol. The van der Waals surface area contributed by atoms with Crippen molar-refractivity contribution in [2.24, 2.45) is 0 Å². The monoisotopic (exact) mass is 429 g/mol. The Morgan fingerprint density at radius 2 is 1.70 bits per heavy atom. The van der Waals surface area contributed by atoms with E-state index in [4.69, 9.17) is 26.4 Å². The van der Waals surface area contributed by atoms with Crippen molar-refractivity contribution >= 4 is 23.0 Å². The molecule has 6 nitrogen and oxygen atoms in total. The number of ether oxygens (including phenoxy) is 3. The van der Waals surface area contributed by atoms with Gasteiger partial charge in [0.1, 0.15) is 5.75 Å². The molecule has 1 N–H and O–H groups in total. The first-order valence-corrected chi connectivity index (χ1v) is 10.8. The summed E-state index contributed by atoms with van der Waals surface area (Å²) in [7, 11) is 3.30. The third-order valence-corrected chi connectivity index (χ3v) is 5.61. The smallest absolute Gasteiger partial charge is 0.169 e. The van der Waals surface area contributed by atoms with Crippen LogP contribution in [-0.2, 0) is 6.42 Å². The first-order chi connectivity index (χ1) is 14.7. The van der Waals surface area contributed by atoms with Crippen LogP contribution in [0, 0.1) is 0 Å². The Morgan fingerprint density at radius 3 is 2.40 bits per heavy atom. The fourth-order valence-electron chi connectivity index (χ4n) is 3.61. The normalized spacial score (nSPS) is 13.7. The number of thiocarbonyl (C=S) groups is 1. The maximum Gasteiger partial charge on any atom is 0.169 e. The van der Waals surface area contributed by atoms with Crippen molar-refractivity contribution in [3.63, 3.8) is 0 Å². The molecule has 0 saturated carbocycles. The summed E-state index contributed by atoms with van der Waals surface area (Å²) in [5, 5.41) is 4.21. The standard InChI is InChI=1S/C23H31N3O3S/c1-4-29-20-8-6-5-7-19(20)25-13-15-26(16-14-25)23(30)24-12-11-18-9-10-21(27-2)22(17-18)28-3/h5-10,17H,4,11-16H2,1-3H3,(H,24,30). The van der Waals surface area contributed by atoms with Gasteiger partial charge in [-0.3, -0.25) is 0 Å². The number of piperazine rings is 1. The molecule has 0 unspecified atom stereocenters. The molecule has 1 aliphatic heterocycles. The number of nitrogens with zero attached hydrogens (tertiary/aromatic N) is 2. The summed E-state index contributed by atoms with van der Waals surface area (Å²) in [6.45, 7) is 7.09. The van der Waals surface area contributed by atoms with Gasteiger partial charge >= 0.3 is 0 Å². The summed E-state index contributed by atoms with van der Waals surface area (Å²) in [6.07, 6.45) is 0.863. The molecule has 1 heterocycles. The number of benzene rings is 2. The van der Waals surface area contributed by atoms with E-state index in [1.54, 1.807) is 14.2 Å². The maximum absolute atomic E-state index is 5.78. The molecule has 0 amide bonds. The largest absolute Gasteiger partial charge is 0.493 e. The molecule has 1 saturated heterocycles. The summed E-state index contributed by atoms with van der Waals surface area (Å²) in [6, 6.07) is 14.2. The number of hydrogen-bond donors (Lipinski definition) is 1. The number of para-hydroxylation sites is 2. The zero-order valence-electron chi connectivity index (χ0n) is 18.0. The fourth-order valence-corrected chi connectivity index (χ4v) is 3.89. The number of anilines is 1. The Balaban J connectivity index is 1.47. The van der Waals surface area contributed by atoms with E-state index in [1.807, 2.05) is 31.2 Å². The van der Waals surface area contributed by atoms with E-state index < -0.39 is 0 Å². The molecular formula is C23H31N3O3S. The van der Waals surface area contributed by atoms with E-state index in [0.29, 0.717) is 6.61 Å². The molecule has 1 aliphatic rings. The molecule has 3 rings (SSSR count). The van der Waals surface area contributed by atoms with Crippen molar-refractivity contribution in [3.8, 4) is 17.2 Å². The highest BCUT2D eigenvalue weighted by Gasteiger charge is 2.21. The van der Waals surface area contributed by atoms with Crippen LogP contribution in [0.15, 0.2) is 42.5 Å². The Kier molecular flexibility index (Phi) is 8.02. The summed E-state index contributed by atoms with van der Waals surface area (Å²) in [5.74, 6) is 2.44. The van der Waals surface area contributed by atoms with E-state index in [2.05, 4.69) is 33.3 Å². The molecule has 0 aliphatic carbocycles. The lowest BCUT2D eigenvalue weighted by molar-refractivity contribution is 0.336. The van der Waals surface area contributed by atoms with Crippen LogP contribution < -0.4 is 24.4 Å². The van der Waals surface area contributed by atoms with Gasteiger partial charge in [-0.25, -0.2) is 0 Å². The van der Waals surface area contributed by atoms with Crippen LogP contribution in [0.25, 0.3) is 0 Å². The van der Waals surface area contributed by atoms with E-state index in [-0.39, 0.29) is 0 Å². The molecule has 1 fully saturated rings. The van der Waals surface area contributed by atoms with Crippen molar-refractivity contribution in [1.82, 2.24) is 10.2 Å². The van der Waals surface area contributed by atoms with Gasteiger partial charge in [0.15, 0.2) is 16.6 Å². The molecule has 0 atom stereocenters. The molecule has 7 heteroatoms. The van der Waals surface area contributed by atoms with E-state index in [1.165, 1.54) is 5.56 Å². The topological polar surface area (TPSA) is 46.2 Å². The van der Waals surface area contributed by atoms with Gasteiger partial charge in [0.25, 0.3) is 0 Å². The van der Waals surface area contributed by atoms with Crippen LogP contribution in [0.4, 0.5) is 5.69 Å². The lowest BCUT2D eigenvalue weighted by Gasteiger charge is -2.38. The van der Waals surface area contributed by atoms with Gasteiger partial charge in [0.2, 0.25) is 0 Å².